The molecule has 0 heterocycles. The van der Waals surface area contributed by atoms with Crippen molar-refractivity contribution in [2.45, 2.75) is 92.0 Å². The zero-order valence-electron chi connectivity index (χ0n) is 30.0. The standard InChI is InChI=1S/C18H27BrN4O3.C17H26BrN3O3/c1-10(2)9-14(17(25)23-15(11(3)4)16(20)24)22-18(26)21-13-7-5-12(19)6-8-13;1-11(2)9-14(15(22)19-10-17(3,4)24)21-16(23)20-13-7-5-12(18)6-8-13/h5-8,10-11,14-15H,9H2,1-4H3,(H2,20,24)(H,23,25)(H2,21,22,26);5-8,11,14,24H,9-10H2,1-4H3,(H,19,22)(H2,20,21,23)/t14?,15-;14-/m00/s1. The van der Waals surface area contributed by atoms with Gasteiger partial charge in [0.25, 0.3) is 0 Å². The molecular formula is C35H53Br2N7O6. The minimum atomic E-state index is -1.00. The fourth-order valence-electron chi connectivity index (χ4n) is 4.37. The highest BCUT2D eigenvalue weighted by Crippen LogP contribution is 2.16. The van der Waals surface area contributed by atoms with E-state index in [4.69, 9.17) is 5.73 Å². The largest absolute Gasteiger partial charge is 0.389 e. The first-order valence-corrected chi connectivity index (χ1v) is 18.0. The Morgan fingerprint density at radius 1 is 0.680 bits per heavy atom. The molecule has 2 aromatic rings. The number of amides is 7. The second-order valence-electron chi connectivity index (χ2n) is 13.7. The number of primary amides is 1. The zero-order chi connectivity index (χ0) is 38.2. The summed E-state index contributed by atoms with van der Waals surface area (Å²) in [5, 5.41) is 25.8. The van der Waals surface area contributed by atoms with Gasteiger partial charge in [-0.3, -0.25) is 14.4 Å². The van der Waals surface area contributed by atoms with Crippen LogP contribution in [0.1, 0.15) is 68.2 Å². The van der Waals surface area contributed by atoms with Gasteiger partial charge >= 0.3 is 12.1 Å². The summed E-state index contributed by atoms with van der Waals surface area (Å²) >= 11 is 6.65. The van der Waals surface area contributed by atoms with E-state index >= 15 is 0 Å². The average Bonchev–Trinajstić information content (AvgIpc) is 2.99. The van der Waals surface area contributed by atoms with Crippen LogP contribution < -0.4 is 37.6 Å². The van der Waals surface area contributed by atoms with Crippen molar-refractivity contribution < 1.29 is 29.1 Å². The molecule has 0 radical (unpaired) electrons. The van der Waals surface area contributed by atoms with Crippen molar-refractivity contribution in [2.24, 2.45) is 23.5 Å². The highest BCUT2D eigenvalue weighted by molar-refractivity contribution is 9.10. The summed E-state index contributed by atoms with van der Waals surface area (Å²) in [4.78, 5) is 60.7. The molecule has 3 atom stereocenters. The van der Waals surface area contributed by atoms with E-state index in [-0.39, 0.29) is 30.2 Å². The molecule has 0 aliphatic carbocycles. The number of benzene rings is 2. The first-order valence-electron chi connectivity index (χ1n) is 16.4. The molecule has 9 N–H and O–H groups in total. The summed E-state index contributed by atoms with van der Waals surface area (Å²) < 4.78 is 1.81. The lowest BCUT2D eigenvalue weighted by molar-refractivity contribution is -0.129. The maximum Gasteiger partial charge on any atom is 0.319 e. The molecule has 0 aliphatic heterocycles. The highest BCUT2D eigenvalue weighted by Gasteiger charge is 2.28. The number of nitrogens with one attached hydrogen (secondary N) is 6. The van der Waals surface area contributed by atoms with Crippen LogP contribution in [0.15, 0.2) is 57.5 Å². The quantitative estimate of drug-likeness (QED) is 0.117. The molecule has 0 spiro atoms. The molecule has 50 heavy (non-hydrogen) atoms. The third kappa shape index (κ3) is 18.9. The summed E-state index contributed by atoms with van der Waals surface area (Å²) in [6.45, 7) is 14.8. The van der Waals surface area contributed by atoms with Crippen molar-refractivity contribution in [1.29, 1.82) is 0 Å². The number of hydrogen-bond donors (Lipinski definition) is 8. The third-order valence-electron chi connectivity index (χ3n) is 6.83. The van der Waals surface area contributed by atoms with Gasteiger partial charge in [-0.1, -0.05) is 73.4 Å². The van der Waals surface area contributed by atoms with Crippen LogP contribution in [0.4, 0.5) is 21.0 Å². The van der Waals surface area contributed by atoms with Crippen LogP contribution in [0.5, 0.6) is 0 Å². The maximum absolute atomic E-state index is 12.6. The molecule has 13 nitrogen and oxygen atoms in total. The van der Waals surface area contributed by atoms with Gasteiger partial charge in [0.15, 0.2) is 0 Å². The number of carbonyl (C=O) groups excluding carboxylic acids is 5. The minimum absolute atomic E-state index is 0.121. The fraction of sp³-hybridized carbons (Fsp3) is 0.514. The highest BCUT2D eigenvalue weighted by atomic mass is 79.9. The first kappa shape index (κ1) is 44.3. The van der Waals surface area contributed by atoms with Gasteiger partial charge in [0.05, 0.1) is 5.60 Å². The summed E-state index contributed by atoms with van der Waals surface area (Å²) in [5.41, 5.74) is 5.58. The number of rotatable bonds is 15. The lowest BCUT2D eigenvalue weighted by atomic mass is 10.0. The van der Waals surface area contributed by atoms with Crippen molar-refractivity contribution in [3.8, 4) is 0 Å². The monoisotopic (exact) mass is 825 g/mol. The molecule has 15 heteroatoms. The van der Waals surface area contributed by atoms with Gasteiger partial charge in [-0.15, -0.1) is 0 Å². The van der Waals surface area contributed by atoms with E-state index in [1.54, 1.807) is 64.1 Å². The predicted octanol–water partition coefficient (Wildman–Crippen LogP) is 5.48. The van der Waals surface area contributed by atoms with Crippen molar-refractivity contribution in [3.63, 3.8) is 0 Å². The van der Waals surface area contributed by atoms with Gasteiger partial charge in [-0.2, -0.15) is 0 Å². The average molecular weight is 828 g/mol. The number of anilines is 2. The van der Waals surface area contributed by atoms with Gasteiger partial charge in [-0.25, -0.2) is 9.59 Å². The Balaban J connectivity index is 0.000000502. The van der Waals surface area contributed by atoms with Gasteiger partial charge < -0.3 is 42.7 Å². The van der Waals surface area contributed by atoms with Crippen LogP contribution >= 0.6 is 31.9 Å². The SMILES string of the molecule is CC(C)CC(NC(=O)Nc1ccc(Br)cc1)C(=O)N[C@H](C(N)=O)C(C)C.CC(C)C[C@H](NC(=O)Nc1ccc(Br)cc1)C(=O)NCC(C)(C)O. The minimum Gasteiger partial charge on any atom is -0.389 e. The van der Waals surface area contributed by atoms with E-state index in [1.807, 2.05) is 39.8 Å². The maximum atomic E-state index is 12.6. The summed E-state index contributed by atoms with van der Waals surface area (Å²) in [7, 11) is 0. The first-order chi connectivity index (χ1) is 23.2. The number of urea groups is 2. The van der Waals surface area contributed by atoms with Crippen LogP contribution in [0.3, 0.4) is 0 Å². The van der Waals surface area contributed by atoms with Crippen molar-refractivity contribution in [1.82, 2.24) is 21.3 Å². The molecule has 1 unspecified atom stereocenters. The number of aliphatic hydroxyl groups is 1. The molecule has 0 saturated carbocycles. The van der Waals surface area contributed by atoms with Gasteiger partial charge in [-0.05, 0) is 93.0 Å². The Kier molecular flexibility index (Phi) is 19.1. The van der Waals surface area contributed by atoms with Crippen molar-refractivity contribution in [3.05, 3.63) is 57.5 Å². The normalized spacial score (nSPS) is 12.9. The second kappa shape index (κ2) is 21.5. The Bertz CT molecular complexity index is 1400. The van der Waals surface area contributed by atoms with Crippen molar-refractivity contribution in [2.75, 3.05) is 17.2 Å². The second-order valence-corrected chi connectivity index (χ2v) is 15.6. The van der Waals surface area contributed by atoms with Crippen LogP contribution in [-0.4, -0.2) is 65.2 Å². The number of hydrogen-bond acceptors (Lipinski definition) is 6. The predicted molar refractivity (Wildman–Crippen MR) is 204 cm³/mol. The van der Waals surface area contributed by atoms with Crippen LogP contribution in [-0.2, 0) is 14.4 Å². The third-order valence-corrected chi connectivity index (χ3v) is 7.89. The van der Waals surface area contributed by atoms with Crippen molar-refractivity contribution >= 4 is 73.0 Å². The molecule has 2 aromatic carbocycles. The van der Waals surface area contributed by atoms with Crippen LogP contribution in [0, 0.1) is 17.8 Å². The summed E-state index contributed by atoms with van der Waals surface area (Å²) in [5.74, 6) is -1.08. The van der Waals surface area contributed by atoms with E-state index in [0.29, 0.717) is 24.2 Å². The zero-order valence-corrected chi connectivity index (χ0v) is 33.2. The molecule has 278 valence electrons. The smallest absolute Gasteiger partial charge is 0.319 e. The molecule has 0 aromatic heterocycles. The summed E-state index contributed by atoms with van der Waals surface area (Å²) in [6.07, 6.45) is 0.939. The number of halogens is 2. The molecular weight excluding hydrogens is 774 g/mol. The molecule has 0 aliphatic rings. The van der Waals surface area contributed by atoms with E-state index in [2.05, 4.69) is 63.8 Å². The lowest BCUT2D eigenvalue weighted by Crippen LogP contribution is -2.55. The molecule has 0 saturated heterocycles. The molecule has 0 fully saturated rings. The fourth-order valence-corrected chi connectivity index (χ4v) is 4.90. The molecule has 0 bridgehead atoms. The topological polar surface area (TPSA) is 204 Å². The Morgan fingerprint density at radius 3 is 1.38 bits per heavy atom. The molecule has 2 rings (SSSR count). The van der Waals surface area contributed by atoms with Crippen LogP contribution in [0.25, 0.3) is 0 Å². The lowest BCUT2D eigenvalue weighted by Gasteiger charge is -2.25. The van der Waals surface area contributed by atoms with Gasteiger partial charge in [0.2, 0.25) is 17.7 Å². The van der Waals surface area contributed by atoms with E-state index in [1.165, 1.54) is 0 Å². The molecule has 7 amide bonds. The number of carbonyl (C=O) groups is 5. The Labute approximate surface area is 312 Å². The summed E-state index contributed by atoms with van der Waals surface area (Å²) in [6, 6.07) is 11.1. The Hall–Kier alpha value is -3.69. The van der Waals surface area contributed by atoms with E-state index < -0.39 is 47.6 Å². The Morgan fingerprint density at radius 2 is 1.06 bits per heavy atom. The van der Waals surface area contributed by atoms with Crippen LogP contribution in [0.2, 0.25) is 0 Å². The van der Waals surface area contributed by atoms with E-state index in [9.17, 15) is 29.1 Å². The van der Waals surface area contributed by atoms with E-state index in [0.717, 1.165) is 8.95 Å². The number of nitrogens with two attached hydrogens (primary N) is 1. The van der Waals surface area contributed by atoms with Gasteiger partial charge in [0, 0.05) is 26.9 Å². The van der Waals surface area contributed by atoms with Gasteiger partial charge in [0.1, 0.15) is 18.1 Å².